The molecule has 0 fully saturated rings. The lowest BCUT2D eigenvalue weighted by Crippen LogP contribution is -2.16. The van der Waals surface area contributed by atoms with Crippen LogP contribution in [-0.4, -0.2) is 20.9 Å². The fourth-order valence-corrected chi connectivity index (χ4v) is 1.88. The molecule has 0 aromatic carbocycles. The lowest BCUT2D eigenvalue weighted by atomic mass is 10.4. The van der Waals surface area contributed by atoms with E-state index in [4.69, 9.17) is 0 Å². The van der Waals surface area contributed by atoms with E-state index in [1.165, 1.54) is 11.3 Å². The van der Waals surface area contributed by atoms with Gasteiger partial charge in [-0.3, -0.25) is 4.68 Å². The van der Waals surface area contributed by atoms with Crippen molar-refractivity contribution in [3.05, 3.63) is 42.0 Å². The van der Waals surface area contributed by atoms with E-state index in [1.807, 2.05) is 10.9 Å². The minimum absolute atomic E-state index is 0.918. The van der Waals surface area contributed by atoms with Crippen molar-refractivity contribution in [3.8, 4) is 0 Å². The molecule has 0 saturated heterocycles. The molecule has 2 aromatic heterocycles. The van der Waals surface area contributed by atoms with Crippen molar-refractivity contribution in [3.63, 3.8) is 0 Å². The predicted octanol–water partition coefficient (Wildman–Crippen LogP) is 1.80. The van der Waals surface area contributed by atoms with Crippen molar-refractivity contribution in [2.24, 2.45) is 0 Å². The van der Waals surface area contributed by atoms with Gasteiger partial charge in [-0.1, -0.05) is 6.92 Å². The Balaban J connectivity index is 1.92. The summed E-state index contributed by atoms with van der Waals surface area (Å²) in [4.78, 5) is 0. The zero-order valence-electron chi connectivity index (χ0n) is 10.6. The number of hydrogen-bond donors (Lipinski definition) is 1. The summed E-state index contributed by atoms with van der Waals surface area (Å²) in [6, 6.07) is 4.26. The summed E-state index contributed by atoms with van der Waals surface area (Å²) in [5, 5.41) is 7.64. The number of rotatable bonds is 6. The van der Waals surface area contributed by atoms with Gasteiger partial charge in [0.2, 0.25) is 0 Å². The smallest absolute Gasteiger partial charge is 0.0588 e. The number of aryl methyl sites for hydroxylation is 3. The van der Waals surface area contributed by atoms with Crippen LogP contribution in [-0.2, 0) is 19.6 Å². The first kappa shape index (κ1) is 11.9. The SMILES string of the molecule is CCNCc1cccn1CCn1cc(C)cn1. The van der Waals surface area contributed by atoms with Gasteiger partial charge in [-0.15, -0.1) is 0 Å². The molecule has 2 rings (SSSR count). The van der Waals surface area contributed by atoms with E-state index in [1.54, 1.807) is 0 Å². The van der Waals surface area contributed by atoms with Gasteiger partial charge in [0, 0.05) is 31.2 Å². The van der Waals surface area contributed by atoms with Gasteiger partial charge < -0.3 is 9.88 Å². The second-order valence-corrected chi connectivity index (χ2v) is 4.25. The number of aromatic nitrogens is 3. The van der Waals surface area contributed by atoms with Gasteiger partial charge in [-0.25, -0.2) is 0 Å². The molecule has 0 bridgehead atoms. The van der Waals surface area contributed by atoms with Gasteiger partial charge in [0.15, 0.2) is 0 Å². The van der Waals surface area contributed by atoms with E-state index in [0.717, 1.165) is 26.2 Å². The lowest BCUT2D eigenvalue weighted by molar-refractivity contribution is 0.516. The molecule has 0 spiro atoms. The van der Waals surface area contributed by atoms with Crippen molar-refractivity contribution in [1.82, 2.24) is 19.7 Å². The van der Waals surface area contributed by atoms with Crippen LogP contribution < -0.4 is 5.32 Å². The van der Waals surface area contributed by atoms with Crippen molar-refractivity contribution in [1.29, 1.82) is 0 Å². The van der Waals surface area contributed by atoms with Crippen LogP contribution in [0, 0.1) is 6.92 Å². The van der Waals surface area contributed by atoms with E-state index in [2.05, 4.69) is 53.4 Å². The summed E-state index contributed by atoms with van der Waals surface area (Å²) in [6.07, 6.45) is 6.10. The molecule has 0 aliphatic carbocycles. The molecular formula is C13H20N4. The zero-order chi connectivity index (χ0) is 12.1. The number of hydrogen-bond acceptors (Lipinski definition) is 2. The molecular weight excluding hydrogens is 212 g/mol. The Morgan fingerprint density at radius 3 is 2.94 bits per heavy atom. The number of nitrogens with one attached hydrogen (secondary N) is 1. The Labute approximate surface area is 102 Å². The lowest BCUT2D eigenvalue weighted by Gasteiger charge is -2.09. The third-order valence-electron chi connectivity index (χ3n) is 2.81. The fraction of sp³-hybridized carbons (Fsp3) is 0.462. The molecule has 0 atom stereocenters. The molecule has 0 radical (unpaired) electrons. The van der Waals surface area contributed by atoms with Crippen molar-refractivity contribution in [2.75, 3.05) is 6.54 Å². The van der Waals surface area contributed by atoms with Gasteiger partial charge >= 0.3 is 0 Å². The zero-order valence-corrected chi connectivity index (χ0v) is 10.6. The van der Waals surface area contributed by atoms with Gasteiger partial charge in [-0.2, -0.15) is 5.10 Å². The molecule has 4 nitrogen and oxygen atoms in total. The van der Waals surface area contributed by atoms with Crippen LogP contribution in [0.5, 0.6) is 0 Å². The van der Waals surface area contributed by atoms with E-state index < -0.39 is 0 Å². The minimum atomic E-state index is 0.918. The van der Waals surface area contributed by atoms with Crippen LogP contribution in [0.25, 0.3) is 0 Å². The van der Waals surface area contributed by atoms with Crippen LogP contribution in [0.1, 0.15) is 18.2 Å². The average Bonchev–Trinajstić information content (AvgIpc) is 2.92. The van der Waals surface area contributed by atoms with Gasteiger partial charge in [0.1, 0.15) is 0 Å². The number of nitrogens with zero attached hydrogens (tertiary/aromatic N) is 3. The minimum Gasteiger partial charge on any atom is -0.348 e. The second-order valence-electron chi connectivity index (χ2n) is 4.25. The Morgan fingerprint density at radius 1 is 1.35 bits per heavy atom. The molecule has 0 saturated carbocycles. The Hall–Kier alpha value is -1.55. The molecule has 17 heavy (non-hydrogen) atoms. The van der Waals surface area contributed by atoms with Crippen molar-refractivity contribution < 1.29 is 0 Å². The van der Waals surface area contributed by atoms with Crippen LogP contribution in [0.4, 0.5) is 0 Å². The standard InChI is InChI=1S/C13H20N4/c1-3-14-10-13-5-4-6-16(13)7-8-17-11-12(2)9-15-17/h4-6,9,11,14H,3,7-8,10H2,1-2H3. The highest BCUT2D eigenvalue weighted by molar-refractivity contribution is 5.07. The molecule has 0 aliphatic heterocycles. The summed E-state index contributed by atoms with van der Waals surface area (Å²) in [6.45, 7) is 8.01. The maximum absolute atomic E-state index is 4.29. The van der Waals surface area contributed by atoms with Crippen LogP contribution >= 0.6 is 0 Å². The first-order chi connectivity index (χ1) is 8.29. The highest BCUT2D eigenvalue weighted by Gasteiger charge is 2.00. The third kappa shape index (κ3) is 3.20. The topological polar surface area (TPSA) is 34.8 Å². The van der Waals surface area contributed by atoms with Crippen LogP contribution in [0.2, 0.25) is 0 Å². The second kappa shape index (κ2) is 5.68. The monoisotopic (exact) mass is 232 g/mol. The molecule has 2 heterocycles. The molecule has 0 unspecified atom stereocenters. The molecule has 2 aromatic rings. The summed E-state index contributed by atoms with van der Waals surface area (Å²) in [7, 11) is 0. The van der Waals surface area contributed by atoms with E-state index in [-0.39, 0.29) is 0 Å². The molecule has 92 valence electrons. The summed E-state index contributed by atoms with van der Waals surface area (Å²) < 4.78 is 4.27. The normalized spacial score (nSPS) is 10.9. The van der Waals surface area contributed by atoms with E-state index in [0.29, 0.717) is 0 Å². The summed E-state index contributed by atoms with van der Waals surface area (Å²) >= 11 is 0. The van der Waals surface area contributed by atoms with Gasteiger partial charge in [0.25, 0.3) is 0 Å². The molecule has 0 amide bonds. The van der Waals surface area contributed by atoms with E-state index in [9.17, 15) is 0 Å². The van der Waals surface area contributed by atoms with Crippen molar-refractivity contribution >= 4 is 0 Å². The maximum atomic E-state index is 4.29. The third-order valence-corrected chi connectivity index (χ3v) is 2.81. The Morgan fingerprint density at radius 2 is 2.24 bits per heavy atom. The predicted molar refractivity (Wildman–Crippen MR) is 68.8 cm³/mol. The average molecular weight is 232 g/mol. The molecule has 0 aliphatic rings. The molecule has 4 heteroatoms. The summed E-state index contributed by atoms with van der Waals surface area (Å²) in [5.41, 5.74) is 2.54. The van der Waals surface area contributed by atoms with E-state index >= 15 is 0 Å². The highest BCUT2D eigenvalue weighted by Crippen LogP contribution is 2.03. The fourth-order valence-electron chi connectivity index (χ4n) is 1.88. The first-order valence-corrected chi connectivity index (χ1v) is 6.13. The first-order valence-electron chi connectivity index (χ1n) is 6.13. The quantitative estimate of drug-likeness (QED) is 0.824. The largest absolute Gasteiger partial charge is 0.348 e. The summed E-state index contributed by atoms with van der Waals surface area (Å²) in [5.74, 6) is 0. The van der Waals surface area contributed by atoms with Crippen LogP contribution in [0.15, 0.2) is 30.7 Å². The van der Waals surface area contributed by atoms with Gasteiger partial charge in [0.05, 0.1) is 12.7 Å². The highest BCUT2D eigenvalue weighted by atomic mass is 15.3. The Kier molecular flexibility index (Phi) is 3.98. The maximum Gasteiger partial charge on any atom is 0.0588 e. The van der Waals surface area contributed by atoms with Crippen molar-refractivity contribution in [2.45, 2.75) is 33.5 Å². The Bertz CT molecular complexity index is 455. The molecule has 1 N–H and O–H groups in total. The van der Waals surface area contributed by atoms with Gasteiger partial charge in [-0.05, 0) is 31.2 Å². The van der Waals surface area contributed by atoms with Crippen LogP contribution in [0.3, 0.4) is 0 Å².